The molecule has 1 heterocycles. The Morgan fingerprint density at radius 1 is 1.12 bits per heavy atom. The van der Waals surface area contributed by atoms with Gasteiger partial charge in [-0.3, -0.25) is 0 Å². The van der Waals surface area contributed by atoms with Crippen LogP contribution in [0.5, 0.6) is 5.75 Å². The number of ether oxygens (including phenoxy) is 1. The molecule has 1 aromatic heterocycles. The Morgan fingerprint density at radius 2 is 1.88 bits per heavy atom. The van der Waals surface area contributed by atoms with Gasteiger partial charge in [0.25, 0.3) is 0 Å². The van der Waals surface area contributed by atoms with Crippen LogP contribution in [-0.2, 0) is 7.05 Å². The van der Waals surface area contributed by atoms with Crippen molar-refractivity contribution < 1.29 is 4.74 Å². The lowest BCUT2D eigenvalue weighted by molar-refractivity contribution is 0.418. The first-order valence-corrected chi connectivity index (χ1v) is 6.23. The average Bonchev–Trinajstić information content (AvgIpc) is 2.66. The third-order valence-corrected chi connectivity index (χ3v) is 3.84. The summed E-state index contributed by atoms with van der Waals surface area (Å²) in [6.45, 7) is 0. The van der Waals surface area contributed by atoms with Crippen molar-refractivity contribution in [3.63, 3.8) is 0 Å². The molecule has 0 saturated carbocycles. The molecule has 0 amide bonds. The minimum atomic E-state index is 0.905. The number of rotatable bonds is 1. The van der Waals surface area contributed by atoms with E-state index in [-0.39, 0.29) is 0 Å². The highest BCUT2D eigenvalue weighted by Gasteiger charge is 2.14. The van der Waals surface area contributed by atoms with Gasteiger partial charge in [0.2, 0.25) is 0 Å². The van der Waals surface area contributed by atoms with Gasteiger partial charge in [0.1, 0.15) is 5.75 Å². The lowest BCUT2D eigenvalue weighted by Crippen LogP contribution is -1.91. The van der Waals surface area contributed by atoms with Crippen LogP contribution in [0.4, 0.5) is 0 Å². The zero-order valence-electron chi connectivity index (χ0n) is 9.70. The van der Waals surface area contributed by atoms with E-state index in [2.05, 4.69) is 51.8 Å². The summed E-state index contributed by atoms with van der Waals surface area (Å²) in [5.41, 5.74) is 2.34. The maximum absolute atomic E-state index is 5.45. The Bertz CT molecular complexity index is 715. The molecule has 0 fully saturated rings. The number of fused-ring (bicyclic) bond motifs is 3. The SMILES string of the molecule is COc1ccc(Br)c2c3ccccc3n(C)c12. The molecule has 3 rings (SSSR count). The molecular weight excluding hydrogens is 278 g/mol. The summed E-state index contributed by atoms with van der Waals surface area (Å²) in [5, 5.41) is 2.46. The van der Waals surface area contributed by atoms with E-state index in [9.17, 15) is 0 Å². The second-order valence-electron chi connectivity index (χ2n) is 4.05. The topological polar surface area (TPSA) is 14.2 Å². The molecule has 17 heavy (non-hydrogen) atoms. The molecule has 0 unspecified atom stereocenters. The second-order valence-corrected chi connectivity index (χ2v) is 4.90. The number of para-hydroxylation sites is 1. The standard InChI is InChI=1S/C14H12BrNO/c1-16-11-6-4-3-5-9(11)13-10(15)7-8-12(17-2)14(13)16/h3-8H,1-2H3. The summed E-state index contributed by atoms with van der Waals surface area (Å²) in [6.07, 6.45) is 0. The summed E-state index contributed by atoms with van der Waals surface area (Å²) in [5.74, 6) is 0.905. The van der Waals surface area contributed by atoms with Crippen molar-refractivity contribution in [3.05, 3.63) is 40.9 Å². The van der Waals surface area contributed by atoms with Gasteiger partial charge in [-0.2, -0.15) is 0 Å². The molecule has 86 valence electrons. The molecule has 0 radical (unpaired) electrons. The largest absolute Gasteiger partial charge is 0.495 e. The highest BCUT2D eigenvalue weighted by atomic mass is 79.9. The molecule has 0 atom stereocenters. The summed E-state index contributed by atoms with van der Waals surface area (Å²) in [6, 6.07) is 12.4. The molecule has 0 saturated heterocycles. The van der Waals surface area contributed by atoms with Crippen molar-refractivity contribution in [1.29, 1.82) is 0 Å². The predicted octanol–water partition coefficient (Wildman–Crippen LogP) is 4.10. The molecule has 2 aromatic carbocycles. The van der Waals surface area contributed by atoms with Crippen LogP contribution in [0.15, 0.2) is 40.9 Å². The van der Waals surface area contributed by atoms with Crippen molar-refractivity contribution in [3.8, 4) is 5.75 Å². The zero-order valence-corrected chi connectivity index (χ0v) is 11.3. The van der Waals surface area contributed by atoms with Crippen molar-refractivity contribution in [2.75, 3.05) is 7.11 Å². The fourth-order valence-corrected chi connectivity index (χ4v) is 2.93. The van der Waals surface area contributed by atoms with E-state index >= 15 is 0 Å². The molecule has 0 N–H and O–H groups in total. The van der Waals surface area contributed by atoms with E-state index in [1.165, 1.54) is 16.3 Å². The van der Waals surface area contributed by atoms with Crippen LogP contribution in [0.1, 0.15) is 0 Å². The van der Waals surface area contributed by atoms with E-state index < -0.39 is 0 Å². The second kappa shape index (κ2) is 3.77. The van der Waals surface area contributed by atoms with E-state index in [0.717, 1.165) is 15.7 Å². The number of aromatic nitrogens is 1. The van der Waals surface area contributed by atoms with E-state index in [0.29, 0.717) is 0 Å². The third kappa shape index (κ3) is 1.39. The Kier molecular flexibility index (Phi) is 2.37. The minimum absolute atomic E-state index is 0.905. The quantitative estimate of drug-likeness (QED) is 0.658. The minimum Gasteiger partial charge on any atom is -0.495 e. The molecule has 0 spiro atoms. The summed E-state index contributed by atoms with van der Waals surface area (Å²) < 4.78 is 8.73. The molecule has 3 heteroatoms. The number of hydrogen-bond donors (Lipinski definition) is 0. The molecule has 0 aliphatic heterocycles. The Morgan fingerprint density at radius 3 is 2.65 bits per heavy atom. The van der Waals surface area contributed by atoms with Crippen LogP contribution in [-0.4, -0.2) is 11.7 Å². The van der Waals surface area contributed by atoms with Gasteiger partial charge in [0.15, 0.2) is 0 Å². The predicted molar refractivity (Wildman–Crippen MR) is 74.7 cm³/mol. The first-order chi connectivity index (χ1) is 8.24. The normalized spacial score (nSPS) is 11.2. The summed E-state index contributed by atoms with van der Waals surface area (Å²) in [4.78, 5) is 0. The third-order valence-electron chi connectivity index (χ3n) is 3.18. The van der Waals surface area contributed by atoms with Gasteiger partial charge in [-0.15, -0.1) is 0 Å². The fourth-order valence-electron chi connectivity index (χ4n) is 2.40. The van der Waals surface area contributed by atoms with E-state index in [1.54, 1.807) is 7.11 Å². The van der Waals surface area contributed by atoms with Gasteiger partial charge in [-0.1, -0.05) is 34.1 Å². The van der Waals surface area contributed by atoms with Crippen molar-refractivity contribution in [2.24, 2.45) is 7.05 Å². The first kappa shape index (κ1) is 10.7. The first-order valence-electron chi connectivity index (χ1n) is 5.43. The lowest BCUT2D eigenvalue weighted by Gasteiger charge is -2.05. The van der Waals surface area contributed by atoms with Crippen LogP contribution >= 0.6 is 15.9 Å². The summed E-state index contributed by atoms with van der Waals surface area (Å²) in [7, 11) is 3.78. The molecule has 3 aromatic rings. The molecular formula is C14H12BrNO. The van der Waals surface area contributed by atoms with Gasteiger partial charge >= 0.3 is 0 Å². The molecule has 0 aliphatic carbocycles. The number of nitrogens with zero attached hydrogens (tertiary/aromatic N) is 1. The number of halogens is 1. The zero-order chi connectivity index (χ0) is 12.0. The van der Waals surface area contributed by atoms with Gasteiger partial charge in [-0.25, -0.2) is 0 Å². The van der Waals surface area contributed by atoms with Crippen LogP contribution < -0.4 is 4.74 Å². The van der Waals surface area contributed by atoms with Gasteiger partial charge in [0.05, 0.1) is 12.6 Å². The molecule has 2 nitrogen and oxygen atoms in total. The van der Waals surface area contributed by atoms with Crippen molar-refractivity contribution in [2.45, 2.75) is 0 Å². The van der Waals surface area contributed by atoms with Gasteiger partial charge in [-0.05, 0) is 18.2 Å². The van der Waals surface area contributed by atoms with Gasteiger partial charge < -0.3 is 9.30 Å². The monoisotopic (exact) mass is 289 g/mol. The van der Waals surface area contributed by atoms with E-state index in [1.807, 2.05) is 12.1 Å². The van der Waals surface area contributed by atoms with Crippen LogP contribution in [0.25, 0.3) is 21.8 Å². The highest BCUT2D eigenvalue weighted by molar-refractivity contribution is 9.10. The van der Waals surface area contributed by atoms with Crippen molar-refractivity contribution >= 4 is 37.7 Å². The molecule has 0 bridgehead atoms. The maximum atomic E-state index is 5.45. The van der Waals surface area contributed by atoms with E-state index in [4.69, 9.17) is 4.74 Å². The Balaban J connectivity index is 2.65. The Labute approximate surface area is 108 Å². The number of methoxy groups -OCH3 is 1. The van der Waals surface area contributed by atoms with Crippen molar-refractivity contribution in [1.82, 2.24) is 4.57 Å². The highest BCUT2D eigenvalue weighted by Crippen LogP contribution is 2.38. The average molecular weight is 290 g/mol. The number of aryl methyl sites for hydroxylation is 1. The number of hydrogen-bond acceptors (Lipinski definition) is 1. The van der Waals surface area contributed by atoms with Crippen LogP contribution in [0, 0.1) is 0 Å². The summed E-state index contributed by atoms with van der Waals surface area (Å²) >= 11 is 3.63. The fraction of sp³-hybridized carbons (Fsp3) is 0.143. The van der Waals surface area contributed by atoms with Crippen LogP contribution in [0.2, 0.25) is 0 Å². The van der Waals surface area contributed by atoms with Crippen LogP contribution in [0.3, 0.4) is 0 Å². The maximum Gasteiger partial charge on any atom is 0.143 e. The number of benzene rings is 2. The molecule has 0 aliphatic rings. The smallest absolute Gasteiger partial charge is 0.143 e. The van der Waals surface area contributed by atoms with Gasteiger partial charge in [0, 0.05) is 27.8 Å². The Hall–Kier alpha value is -1.48. The lowest BCUT2D eigenvalue weighted by atomic mass is 10.1.